The van der Waals surface area contributed by atoms with Gasteiger partial charge in [0.15, 0.2) is 10.9 Å². The number of rotatable bonds is 5. The van der Waals surface area contributed by atoms with Crippen molar-refractivity contribution < 1.29 is 22.0 Å². The molecule has 1 N–H and O–H groups in total. The molecule has 1 aliphatic rings. The molecule has 1 aromatic heterocycles. The first-order chi connectivity index (χ1) is 14.8. The van der Waals surface area contributed by atoms with Crippen LogP contribution in [0.4, 0.5) is 13.9 Å². The van der Waals surface area contributed by atoms with Gasteiger partial charge in [-0.1, -0.05) is 30.6 Å². The van der Waals surface area contributed by atoms with Crippen LogP contribution in [-0.4, -0.2) is 36.7 Å². The van der Waals surface area contributed by atoms with E-state index in [2.05, 4.69) is 10.3 Å². The molecule has 1 heterocycles. The molecule has 10 heteroatoms. The van der Waals surface area contributed by atoms with Crippen molar-refractivity contribution in [3.63, 3.8) is 0 Å². The van der Waals surface area contributed by atoms with Gasteiger partial charge in [-0.25, -0.2) is 22.2 Å². The molecule has 0 radical (unpaired) electrons. The average Bonchev–Trinajstić information content (AvgIpc) is 3.16. The van der Waals surface area contributed by atoms with Crippen LogP contribution in [0.1, 0.15) is 42.5 Å². The van der Waals surface area contributed by atoms with Gasteiger partial charge in [0, 0.05) is 24.7 Å². The van der Waals surface area contributed by atoms with Crippen molar-refractivity contribution >= 4 is 42.6 Å². The number of benzene rings is 2. The summed E-state index contributed by atoms with van der Waals surface area (Å²) in [6.45, 7) is 0. The first kappa shape index (κ1) is 21.8. The first-order valence-electron chi connectivity index (χ1n) is 9.91. The zero-order valence-electron chi connectivity index (χ0n) is 16.8. The van der Waals surface area contributed by atoms with E-state index in [-0.39, 0.29) is 31.8 Å². The highest BCUT2D eigenvalue weighted by Crippen LogP contribution is 2.29. The lowest BCUT2D eigenvalue weighted by molar-refractivity contribution is 0.102. The van der Waals surface area contributed by atoms with E-state index >= 15 is 0 Å². The Kier molecular flexibility index (Phi) is 6.05. The minimum atomic E-state index is -3.65. The summed E-state index contributed by atoms with van der Waals surface area (Å²) in [5.74, 6) is -2.05. The molecule has 4 rings (SSSR count). The van der Waals surface area contributed by atoms with Gasteiger partial charge in [-0.15, -0.1) is 0 Å². The number of hydrogen-bond acceptors (Lipinski definition) is 5. The Morgan fingerprint density at radius 1 is 1.13 bits per heavy atom. The number of halogens is 2. The quantitative estimate of drug-likeness (QED) is 0.588. The number of nitrogens with one attached hydrogen (secondary N) is 1. The summed E-state index contributed by atoms with van der Waals surface area (Å²) in [7, 11) is -2.05. The fourth-order valence-corrected chi connectivity index (χ4v) is 6.08. The van der Waals surface area contributed by atoms with E-state index in [0.29, 0.717) is 0 Å². The molecule has 0 atom stereocenters. The maximum Gasteiger partial charge on any atom is 0.257 e. The molecule has 6 nitrogen and oxygen atoms in total. The Morgan fingerprint density at radius 2 is 1.81 bits per heavy atom. The molecule has 0 saturated heterocycles. The van der Waals surface area contributed by atoms with Crippen LogP contribution in [0.5, 0.6) is 0 Å². The van der Waals surface area contributed by atoms with Gasteiger partial charge in [0.25, 0.3) is 5.91 Å². The Bertz CT molecular complexity index is 1220. The first-order valence-corrected chi connectivity index (χ1v) is 12.2. The van der Waals surface area contributed by atoms with Crippen molar-refractivity contribution in [3.8, 4) is 0 Å². The third kappa shape index (κ3) is 4.46. The van der Waals surface area contributed by atoms with Crippen LogP contribution in [0.25, 0.3) is 10.2 Å². The van der Waals surface area contributed by atoms with E-state index in [0.717, 1.165) is 55.6 Å². The minimum absolute atomic E-state index is 0.00834. The maximum atomic E-state index is 13.8. The Morgan fingerprint density at radius 3 is 2.48 bits per heavy atom. The summed E-state index contributed by atoms with van der Waals surface area (Å²) in [5.41, 5.74) is 0.207. The van der Waals surface area contributed by atoms with E-state index in [9.17, 15) is 22.0 Å². The summed E-state index contributed by atoms with van der Waals surface area (Å²) < 4.78 is 54.7. The highest BCUT2D eigenvalue weighted by Gasteiger charge is 2.29. The van der Waals surface area contributed by atoms with Crippen LogP contribution in [0.2, 0.25) is 0 Å². The Hall–Kier alpha value is -2.43. The largest absolute Gasteiger partial charge is 0.298 e. The molecule has 1 saturated carbocycles. The van der Waals surface area contributed by atoms with Crippen molar-refractivity contribution in [2.24, 2.45) is 0 Å². The van der Waals surface area contributed by atoms with E-state index in [1.54, 1.807) is 7.05 Å². The molecule has 164 valence electrons. The standard InChI is InChI=1S/C21H21F2N3O3S2/c1-26(15-5-3-2-4-6-15)31(28,29)16-9-7-13(8-10-16)20(27)25-21-24-19-17(23)11-14(22)12-18(19)30-21/h7-12,15H,2-6H2,1H3,(H,24,25,27). The molecule has 1 fully saturated rings. The number of thiazole rings is 1. The molecular formula is C21H21F2N3O3S2. The lowest BCUT2D eigenvalue weighted by atomic mass is 9.96. The fourth-order valence-electron chi connectivity index (χ4n) is 3.77. The predicted octanol–water partition coefficient (Wildman–Crippen LogP) is 4.78. The third-order valence-electron chi connectivity index (χ3n) is 5.52. The Balaban J connectivity index is 1.50. The van der Waals surface area contributed by atoms with Crippen LogP contribution in [0, 0.1) is 11.6 Å². The van der Waals surface area contributed by atoms with Gasteiger partial charge in [0.05, 0.1) is 9.60 Å². The molecule has 31 heavy (non-hydrogen) atoms. The smallest absolute Gasteiger partial charge is 0.257 e. The molecule has 0 unspecified atom stereocenters. The van der Waals surface area contributed by atoms with Crippen LogP contribution < -0.4 is 5.32 Å². The van der Waals surface area contributed by atoms with Crippen molar-refractivity contribution in [3.05, 3.63) is 53.6 Å². The van der Waals surface area contributed by atoms with Gasteiger partial charge >= 0.3 is 0 Å². The van der Waals surface area contributed by atoms with Gasteiger partial charge in [-0.2, -0.15) is 4.31 Å². The average molecular weight is 466 g/mol. The summed E-state index contributed by atoms with van der Waals surface area (Å²) >= 11 is 0.950. The van der Waals surface area contributed by atoms with Crippen LogP contribution in [0.15, 0.2) is 41.3 Å². The van der Waals surface area contributed by atoms with Gasteiger partial charge in [-0.05, 0) is 43.2 Å². The number of hydrogen-bond donors (Lipinski definition) is 1. The molecule has 0 bridgehead atoms. The SMILES string of the molecule is CN(C1CCCCC1)S(=O)(=O)c1ccc(C(=O)Nc2nc3c(F)cc(F)cc3s2)cc1. The van der Waals surface area contributed by atoms with Crippen LogP contribution in [-0.2, 0) is 10.0 Å². The topological polar surface area (TPSA) is 79.4 Å². The minimum Gasteiger partial charge on any atom is -0.298 e. The van der Waals surface area contributed by atoms with Crippen molar-refractivity contribution in [1.82, 2.24) is 9.29 Å². The number of amides is 1. The van der Waals surface area contributed by atoms with Gasteiger partial charge in [-0.3, -0.25) is 10.1 Å². The molecule has 1 amide bonds. The lowest BCUT2D eigenvalue weighted by Crippen LogP contribution is -2.38. The summed E-state index contributed by atoms with van der Waals surface area (Å²) in [6, 6.07) is 7.51. The molecule has 0 spiro atoms. The van der Waals surface area contributed by atoms with E-state index in [1.807, 2.05) is 0 Å². The second-order valence-electron chi connectivity index (χ2n) is 7.54. The number of aromatic nitrogens is 1. The summed E-state index contributed by atoms with van der Waals surface area (Å²) in [4.78, 5) is 16.6. The summed E-state index contributed by atoms with van der Waals surface area (Å²) in [5, 5.41) is 2.67. The second-order valence-corrected chi connectivity index (χ2v) is 10.6. The van der Waals surface area contributed by atoms with E-state index in [1.165, 1.54) is 28.6 Å². The fraction of sp³-hybridized carbons (Fsp3) is 0.333. The zero-order valence-corrected chi connectivity index (χ0v) is 18.4. The van der Waals surface area contributed by atoms with Gasteiger partial charge in [0.1, 0.15) is 11.3 Å². The van der Waals surface area contributed by atoms with Crippen molar-refractivity contribution in [1.29, 1.82) is 0 Å². The monoisotopic (exact) mass is 465 g/mol. The zero-order chi connectivity index (χ0) is 22.2. The molecule has 3 aromatic rings. The molecule has 2 aromatic carbocycles. The lowest BCUT2D eigenvalue weighted by Gasteiger charge is -2.30. The van der Waals surface area contributed by atoms with Crippen molar-refractivity contribution in [2.45, 2.75) is 43.0 Å². The number of fused-ring (bicyclic) bond motifs is 1. The number of sulfonamides is 1. The highest BCUT2D eigenvalue weighted by atomic mass is 32.2. The van der Waals surface area contributed by atoms with Gasteiger partial charge < -0.3 is 0 Å². The van der Waals surface area contributed by atoms with E-state index < -0.39 is 27.6 Å². The predicted molar refractivity (Wildman–Crippen MR) is 116 cm³/mol. The Labute approximate surface area is 183 Å². The normalized spacial score (nSPS) is 15.5. The summed E-state index contributed by atoms with van der Waals surface area (Å²) in [6.07, 6.45) is 4.87. The molecule has 1 aliphatic carbocycles. The van der Waals surface area contributed by atoms with E-state index in [4.69, 9.17) is 0 Å². The van der Waals surface area contributed by atoms with Crippen molar-refractivity contribution in [2.75, 3.05) is 12.4 Å². The molecular weight excluding hydrogens is 444 g/mol. The number of anilines is 1. The number of carbonyl (C=O) groups excluding carboxylic acids is 1. The number of carbonyl (C=O) groups is 1. The number of nitrogens with zero attached hydrogens (tertiary/aromatic N) is 2. The highest BCUT2D eigenvalue weighted by molar-refractivity contribution is 7.89. The van der Waals surface area contributed by atoms with Gasteiger partial charge in [0.2, 0.25) is 10.0 Å². The van der Waals surface area contributed by atoms with Crippen LogP contribution >= 0.6 is 11.3 Å². The van der Waals surface area contributed by atoms with Crippen LogP contribution in [0.3, 0.4) is 0 Å². The maximum absolute atomic E-state index is 13.8. The third-order valence-corrected chi connectivity index (χ3v) is 8.36. The molecule has 0 aliphatic heterocycles. The second kappa shape index (κ2) is 8.60.